The maximum atomic E-state index is 13.8. The molecular weight excluding hydrogens is 231 g/mol. The molecule has 0 aliphatic rings. The van der Waals surface area contributed by atoms with Gasteiger partial charge in [0.15, 0.2) is 0 Å². The Morgan fingerprint density at radius 2 is 2.17 bits per heavy atom. The van der Waals surface area contributed by atoms with E-state index in [0.29, 0.717) is 5.56 Å². The van der Waals surface area contributed by atoms with Gasteiger partial charge >= 0.3 is 0 Å². The number of hydrogen-bond donors (Lipinski definition) is 1. The van der Waals surface area contributed by atoms with Crippen LogP contribution in [0.15, 0.2) is 42.7 Å². The van der Waals surface area contributed by atoms with E-state index in [2.05, 4.69) is 10.3 Å². The molecule has 4 heteroatoms. The van der Waals surface area contributed by atoms with Crippen molar-refractivity contribution in [1.29, 1.82) is 0 Å². The number of benzene rings is 1. The first-order chi connectivity index (χ1) is 8.76. The number of hydrogen-bond acceptors (Lipinski definition) is 3. The molecular formula is C14H15FN2O. The quantitative estimate of drug-likeness (QED) is 0.900. The fourth-order valence-corrected chi connectivity index (χ4v) is 1.94. The molecule has 0 bridgehead atoms. The lowest BCUT2D eigenvalue weighted by atomic mass is 9.99. The highest BCUT2D eigenvalue weighted by Crippen LogP contribution is 2.26. The molecule has 1 unspecified atom stereocenters. The third-order valence-corrected chi connectivity index (χ3v) is 2.83. The van der Waals surface area contributed by atoms with E-state index >= 15 is 0 Å². The largest absolute Gasteiger partial charge is 0.497 e. The minimum Gasteiger partial charge on any atom is -0.497 e. The number of ether oxygens (including phenoxy) is 1. The molecule has 94 valence electrons. The van der Waals surface area contributed by atoms with Crippen molar-refractivity contribution in [2.45, 2.75) is 6.04 Å². The summed E-state index contributed by atoms with van der Waals surface area (Å²) < 4.78 is 18.9. The van der Waals surface area contributed by atoms with Crippen molar-refractivity contribution in [3.63, 3.8) is 0 Å². The maximum Gasteiger partial charge on any atom is 0.146 e. The summed E-state index contributed by atoms with van der Waals surface area (Å²) >= 11 is 0. The molecule has 1 atom stereocenters. The summed E-state index contributed by atoms with van der Waals surface area (Å²) in [5, 5.41) is 3.10. The zero-order valence-electron chi connectivity index (χ0n) is 10.4. The van der Waals surface area contributed by atoms with Crippen molar-refractivity contribution in [3.8, 4) is 5.75 Å². The van der Waals surface area contributed by atoms with Crippen molar-refractivity contribution in [1.82, 2.24) is 10.3 Å². The van der Waals surface area contributed by atoms with Crippen LogP contribution in [0.4, 0.5) is 4.39 Å². The minimum atomic E-state index is -0.320. The molecule has 1 aromatic heterocycles. The lowest BCUT2D eigenvalue weighted by molar-refractivity contribution is 0.413. The third kappa shape index (κ3) is 2.49. The Bertz CT molecular complexity index is 531. The Morgan fingerprint density at radius 3 is 2.83 bits per heavy atom. The second-order valence-electron chi connectivity index (χ2n) is 3.90. The van der Waals surface area contributed by atoms with E-state index in [-0.39, 0.29) is 11.9 Å². The number of halogens is 1. The SMILES string of the molecule is CNC(c1cccc(OC)c1)c1ccncc1F. The van der Waals surface area contributed by atoms with Crippen LogP contribution in [0, 0.1) is 5.82 Å². The zero-order chi connectivity index (χ0) is 13.0. The van der Waals surface area contributed by atoms with Gasteiger partial charge in [-0.25, -0.2) is 4.39 Å². The van der Waals surface area contributed by atoms with Gasteiger partial charge < -0.3 is 10.1 Å². The van der Waals surface area contributed by atoms with E-state index in [9.17, 15) is 4.39 Å². The Balaban J connectivity index is 2.42. The van der Waals surface area contributed by atoms with Gasteiger partial charge in [-0.1, -0.05) is 12.1 Å². The lowest BCUT2D eigenvalue weighted by Gasteiger charge is -2.18. The van der Waals surface area contributed by atoms with Crippen LogP contribution in [0.2, 0.25) is 0 Å². The zero-order valence-corrected chi connectivity index (χ0v) is 10.4. The Labute approximate surface area is 106 Å². The molecule has 0 aliphatic heterocycles. The van der Waals surface area contributed by atoms with Crippen LogP contribution in [-0.4, -0.2) is 19.1 Å². The summed E-state index contributed by atoms with van der Waals surface area (Å²) in [6.45, 7) is 0. The monoisotopic (exact) mass is 246 g/mol. The highest BCUT2D eigenvalue weighted by atomic mass is 19.1. The second-order valence-corrected chi connectivity index (χ2v) is 3.90. The molecule has 18 heavy (non-hydrogen) atoms. The number of methoxy groups -OCH3 is 1. The predicted molar refractivity (Wildman–Crippen MR) is 68.1 cm³/mol. The van der Waals surface area contributed by atoms with Gasteiger partial charge in [-0.15, -0.1) is 0 Å². The average Bonchev–Trinajstić information content (AvgIpc) is 2.42. The van der Waals surface area contributed by atoms with Crippen LogP contribution in [-0.2, 0) is 0 Å². The van der Waals surface area contributed by atoms with Crippen LogP contribution < -0.4 is 10.1 Å². The van der Waals surface area contributed by atoms with Gasteiger partial charge in [-0.05, 0) is 30.8 Å². The lowest BCUT2D eigenvalue weighted by Crippen LogP contribution is -2.19. The molecule has 2 rings (SSSR count). The molecule has 0 radical (unpaired) electrons. The molecule has 0 saturated carbocycles. The van der Waals surface area contributed by atoms with E-state index in [1.807, 2.05) is 24.3 Å². The fraction of sp³-hybridized carbons (Fsp3) is 0.214. The summed E-state index contributed by atoms with van der Waals surface area (Å²) in [4.78, 5) is 3.76. The Morgan fingerprint density at radius 1 is 1.33 bits per heavy atom. The van der Waals surface area contributed by atoms with Crippen LogP contribution in [0.5, 0.6) is 5.75 Å². The van der Waals surface area contributed by atoms with Gasteiger partial charge in [0.25, 0.3) is 0 Å². The van der Waals surface area contributed by atoms with Gasteiger partial charge in [0, 0.05) is 11.8 Å². The maximum absolute atomic E-state index is 13.8. The van der Waals surface area contributed by atoms with E-state index in [1.165, 1.54) is 6.20 Å². The van der Waals surface area contributed by atoms with Crippen molar-refractivity contribution < 1.29 is 9.13 Å². The molecule has 3 nitrogen and oxygen atoms in total. The van der Waals surface area contributed by atoms with E-state index < -0.39 is 0 Å². The van der Waals surface area contributed by atoms with Crippen LogP contribution >= 0.6 is 0 Å². The third-order valence-electron chi connectivity index (χ3n) is 2.83. The Hall–Kier alpha value is -1.94. The molecule has 1 N–H and O–H groups in total. The van der Waals surface area contributed by atoms with Crippen molar-refractivity contribution in [3.05, 3.63) is 59.7 Å². The number of nitrogens with zero attached hydrogens (tertiary/aromatic N) is 1. The Kier molecular flexibility index (Phi) is 3.89. The highest BCUT2D eigenvalue weighted by Gasteiger charge is 2.16. The van der Waals surface area contributed by atoms with Crippen LogP contribution in [0.1, 0.15) is 17.2 Å². The fourth-order valence-electron chi connectivity index (χ4n) is 1.94. The van der Waals surface area contributed by atoms with E-state index in [1.54, 1.807) is 26.4 Å². The summed E-state index contributed by atoms with van der Waals surface area (Å²) in [5.74, 6) is 0.432. The van der Waals surface area contributed by atoms with Gasteiger partial charge in [-0.3, -0.25) is 4.98 Å². The second kappa shape index (κ2) is 5.60. The first-order valence-corrected chi connectivity index (χ1v) is 5.67. The molecule has 0 spiro atoms. The molecule has 0 fully saturated rings. The molecule has 0 saturated heterocycles. The van der Waals surface area contributed by atoms with Crippen LogP contribution in [0.3, 0.4) is 0 Å². The first kappa shape index (κ1) is 12.5. The van der Waals surface area contributed by atoms with Gasteiger partial charge in [0.2, 0.25) is 0 Å². The van der Waals surface area contributed by atoms with Gasteiger partial charge in [0.05, 0.1) is 19.3 Å². The summed E-state index contributed by atoms with van der Waals surface area (Å²) in [5.41, 5.74) is 1.52. The standard InChI is InChI=1S/C14H15FN2O/c1-16-14(12-6-7-17-9-13(12)15)10-4-3-5-11(8-10)18-2/h3-9,14,16H,1-2H3. The smallest absolute Gasteiger partial charge is 0.146 e. The molecule has 0 amide bonds. The van der Waals surface area contributed by atoms with Crippen molar-refractivity contribution in [2.75, 3.05) is 14.2 Å². The summed E-state index contributed by atoms with van der Waals surface area (Å²) in [7, 11) is 3.41. The number of nitrogens with one attached hydrogen (secondary N) is 1. The molecule has 1 aromatic carbocycles. The summed E-state index contributed by atoms with van der Waals surface area (Å²) in [6, 6.07) is 9.03. The average molecular weight is 246 g/mol. The normalized spacial score (nSPS) is 12.2. The molecule has 0 aliphatic carbocycles. The van der Waals surface area contributed by atoms with E-state index in [4.69, 9.17) is 4.74 Å². The number of rotatable bonds is 4. The van der Waals surface area contributed by atoms with Gasteiger partial charge in [-0.2, -0.15) is 0 Å². The van der Waals surface area contributed by atoms with Crippen LogP contribution in [0.25, 0.3) is 0 Å². The number of pyridine rings is 1. The number of aromatic nitrogens is 1. The predicted octanol–water partition coefficient (Wildman–Crippen LogP) is 2.54. The van der Waals surface area contributed by atoms with Gasteiger partial charge in [0.1, 0.15) is 11.6 Å². The summed E-state index contributed by atoms with van der Waals surface area (Å²) in [6.07, 6.45) is 2.81. The highest BCUT2D eigenvalue weighted by molar-refractivity contribution is 5.36. The topological polar surface area (TPSA) is 34.1 Å². The van der Waals surface area contributed by atoms with E-state index in [0.717, 1.165) is 11.3 Å². The minimum absolute atomic E-state index is 0.219. The first-order valence-electron chi connectivity index (χ1n) is 5.67. The molecule has 1 heterocycles. The van der Waals surface area contributed by atoms with Crippen molar-refractivity contribution in [2.24, 2.45) is 0 Å². The molecule has 2 aromatic rings. The van der Waals surface area contributed by atoms with Crippen molar-refractivity contribution >= 4 is 0 Å².